The molecule has 1 aliphatic heterocycles. The number of hydrogen-bond acceptors (Lipinski definition) is 2. The van der Waals surface area contributed by atoms with Gasteiger partial charge in [0.2, 0.25) is 0 Å². The van der Waals surface area contributed by atoms with Crippen LogP contribution in [-0.2, 0) is 6.54 Å². The van der Waals surface area contributed by atoms with Crippen LogP contribution in [-0.4, -0.2) is 36.0 Å². The average molecular weight is 369 g/mol. The Morgan fingerprint density at radius 2 is 1.70 bits per heavy atom. The molecular formula is C25H40N2. The van der Waals surface area contributed by atoms with Gasteiger partial charge in [0.25, 0.3) is 0 Å². The highest BCUT2D eigenvalue weighted by molar-refractivity contribution is 5.30. The van der Waals surface area contributed by atoms with Gasteiger partial charge in [0.15, 0.2) is 0 Å². The first kappa shape index (κ1) is 21.8. The Morgan fingerprint density at radius 1 is 1.07 bits per heavy atom. The van der Waals surface area contributed by atoms with Crippen molar-refractivity contribution in [3.63, 3.8) is 0 Å². The predicted octanol–water partition coefficient (Wildman–Crippen LogP) is 6.07. The number of piperazine rings is 1. The molecular weight excluding hydrogens is 328 g/mol. The van der Waals surface area contributed by atoms with Crippen LogP contribution in [0.2, 0.25) is 0 Å². The lowest BCUT2D eigenvalue weighted by molar-refractivity contribution is 0.153. The van der Waals surface area contributed by atoms with Crippen molar-refractivity contribution in [3.8, 4) is 0 Å². The summed E-state index contributed by atoms with van der Waals surface area (Å²) in [5.41, 5.74) is 4.13. The summed E-state index contributed by atoms with van der Waals surface area (Å²) in [5, 5.41) is 0. The molecule has 2 aliphatic rings. The van der Waals surface area contributed by atoms with Crippen LogP contribution in [0.25, 0.3) is 0 Å². The summed E-state index contributed by atoms with van der Waals surface area (Å²) in [6, 6.07) is 9.44. The topological polar surface area (TPSA) is 6.48 Å². The van der Waals surface area contributed by atoms with Crippen LogP contribution < -0.4 is 0 Å². The molecule has 3 rings (SSSR count). The van der Waals surface area contributed by atoms with Crippen LogP contribution in [0, 0.1) is 11.8 Å². The van der Waals surface area contributed by atoms with Gasteiger partial charge in [0.05, 0.1) is 0 Å². The van der Waals surface area contributed by atoms with Gasteiger partial charge in [-0.25, -0.2) is 0 Å². The minimum atomic E-state index is 0.599. The number of nitrogens with zero attached hydrogens (tertiary/aromatic N) is 2. The quantitative estimate of drug-likeness (QED) is 0.582. The lowest BCUT2D eigenvalue weighted by Crippen LogP contribution is -2.44. The van der Waals surface area contributed by atoms with Gasteiger partial charge in [0, 0.05) is 44.3 Å². The summed E-state index contributed by atoms with van der Waals surface area (Å²) in [6.07, 6.45) is 7.39. The number of allylic oxidation sites excluding steroid dienone is 3. The highest BCUT2D eigenvalue weighted by atomic mass is 15.3. The fourth-order valence-corrected chi connectivity index (χ4v) is 4.35. The van der Waals surface area contributed by atoms with E-state index >= 15 is 0 Å². The molecule has 2 unspecified atom stereocenters. The molecule has 1 saturated heterocycles. The van der Waals surface area contributed by atoms with Crippen molar-refractivity contribution < 1.29 is 0 Å². The van der Waals surface area contributed by atoms with E-state index in [2.05, 4.69) is 73.6 Å². The van der Waals surface area contributed by atoms with Crippen LogP contribution >= 0.6 is 0 Å². The van der Waals surface area contributed by atoms with E-state index in [0.717, 1.165) is 44.6 Å². The van der Waals surface area contributed by atoms with Gasteiger partial charge in [0.1, 0.15) is 0 Å². The fourth-order valence-electron chi connectivity index (χ4n) is 4.35. The van der Waals surface area contributed by atoms with E-state index in [1.165, 1.54) is 29.7 Å². The second-order valence-corrected chi connectivity index (χ2v) is 8.18. The molecule has 150 valence electrons. The first-order chi connectivity index (χ1) is 13.0. The van der Waals surface area contributed by atoms with E-state index in [-0.39, 0.29) is 0 Å². The van der Waals surface area contributed by atoms with Crippen LogP contribution in [0.4, 0.5) is 0 Å². The van der Waals surface area contributed by atoms with Gasteiger partial charge in [-0.3, -0.25) is 4.90 Å². The molecule has 0 N–H and O–H groups in total. The maximum atomic E-state index is 4.06. The molecule has 0 amide bonds. The second kappa shape index (κ2) is 10.7. The summed E-state index contributed by atoms with van der Waals surface area (Å²) in [7, 11) is 0. The van der Waals surface area contributed by atoms with E-state index in [1.54, 1.807) is 0 Å². The van der Waals surface area contributed by atoms with Crippen molar-refractivity contribution in [1.82, 2.24) is 9.80 Å². The molecule has 2 atom stereocenters. The lowest BCUT2D eigenvalue weighted by Gasteiger charge is -2.36. The summed E-state index contributed by atoms with van der Waals surface area (Å²) in [6.45, 7) is 20.5. The molecule has 2 heteroatoms. The smallest absolute Gasteiger partial charge is 0.0303 e. The molecule has 0 spiro atoms. The molecule has 1 aliphatic carbocycles. The van der Waals surface area contributed by atoms with Crippen LogP contribution in [0.1, 0.15) is 64.5 Å². The van der Waals surface area contributed by atoms with Gasteiger partial charge in [-0.05, 0) is 42.7 Å². The minimum Gasteiger partial charge on any atom is -0.373 e. The van der Waals surface area contributed by atoms with E-state index < -0.39 is 0 Å². The molecule has 0 saturated carbocycles. The van der Waals surface area contributed by atoms with Crippen molar-refractivity contribution in [2.75, 3.05) is 26.2 Å². The largest absolute Gasteiger partial charge is 0.373 e. The third-order valence-electron chi connectivity index (χ3n) is 6.01. The first-order valence-corrected chi connectivity index (χ1v) is 10.9. The highest BCUT2D eigenvalue weighted by Gasteiger charge is 2.25. The first-order valence-electron chi connectivity index (χ1n) is 10.9. The van der Waals surface area contributed by atoms with Gasteiger partial charge in [-0.1, -0.05) is 70.7 Å². The zero-order valence-electron chi connectivity index (χ0n) is 18.2. The summed E-state index contributed by atoms with van der Waals surface area (Å²) < 4.78 is 0. The number of benzene rings is 1. The van der Waals surface area contributed by atoms with E-state index in [1.807, 2.05) is 13.8 Å². The predicted molar refractivity (Wildman–Crippen MR) is 119 cm³/mol. The Balaban J connectivity index is 0.00000126. The summed E-state index contributed by atoms with van der Waals surface area (Å²) >= 11 is 0. The van der Waals surface area contributed by atoms with Gasteiger partial charge >= 0.3 is 0 Å². The molecule has 2 nitrogen and oxygen atoms in total. The lowest BCUT2D eigenvalue weighted by atomic mass is 9.74. The Bertz CT molecular complexity index is 591. The molecule has 1 aromatic rings. The molecule has 0 bridgehead atoms. The summed E-state index contributed by atoms with van der Waals surface area (Å²) in [5.74, 6) is 2.13. The highest BCUT2D eigenvalue weighted by Crippen LogP contribution is 2.38. The van der Waals surface area contributed by atoms with Gasteiger partial charge < -0.3 is 4.90 Å². The molecule has 1 aromatic carbocycles. The standard InChI is InChI=1S/C23H34N2.C2H6/c1-18(2)22-7-5-6-8-23(22)21-11-9-20(10-12-21)17-24-13-15-25(16-14-24)19(3)4;1-2/h6,8-12,18,22-23H,3,5,7,13-17H2,1-2,4H3;1-2H3. The van der Waals surface area contributed by atoms with Crippen LogP contribution in [0.3, 0.4) is 0 Å². The Kier molecular flexibility index (Phi) is 8.63. The van der Waals surface area contributed by atoms with E-state index in [4.69, 9.17) is 0 Å². The van der Waals surface area contributed by atoms with Crippen molar-refractivity contribution in [1.29, 1.82) is 0 Å². The van der Waals surface area contributed by atoms with Crippen molar-refractivity contribution in [3.05, 3.63) is 59.8 Å². The van der Waals surface area contributed by atoms with Crippen LogP contribution in [0.5, 0.6) is 0 Å². The zero-order chi connectivity index (χ0) is 19.8. The Morgan fingerprint density at radius 3 is 2.26 bits per heavy atom. The number of rotatable bonds is 5. The van der Waals surface area contributed by atoms with E-state index in [9.17, 15) is 0 Å². The molecule has 0 radical (unpaired) electrons. The van der Waals surface area contributed by atoms with Gasteiger partial charge in [-0.2, -0.15) is 0 Å². The van der Waals surface area contributed by atoms with E-state index in [0.29, 0.717) is 5.92 Å². The third kappa shape index (κ3) is 5.97. The minimum absolute atomic E-state index is 0.599. The zero-order valence-corrected chi connectivity index (χ0v) is 18.2. The molecule has 27 heavy (non-hydrogen) atoms. The maximum absolute atomic E-state index is 4.06. The third-order valence-corrected chi connectivity index (χ3v) is 6.01. The van der Waals surface area contributed by atoms with Crippen molar-refractivity contribution in [2.24, 2.45) is 11.8 Å². The SMILES string of the molecule is C=C(C)N1CCN(Cc2ccc(C3C=CCCC3C(C)C)cc2)CC1.CC. The fraction of sp³-hybridized carbons (Fsp3) is 0.600. The second-order valence-electron chi connectivity index (χ2n) is 8.18. The number of hydrogen-bond donors (Lipinski definition) is 0. The van der Waals surface area contributed by atoms with Crippen LogP contribution in [0.15, 0.2) is 48.7 Å². The molecule has 0 aromatic heterocycles. The van der Waals surface area contributed by atoms with Crippen molar-refractivity contribution in [2.45, 2.75) is 59.9 Å². The average Bonchev–Trinajstić information content (AvgIpc) is 2.70. The monoisotopic (exact) mass is 368 g/mol. The Hall–Kier alpha value is -1.54. The summed E-state index contributed by atoms with van der Waals surface area (Å²) in [4.78, 5) is 4.95. The maximum Gasteiger partial charge on any atom is 0.0303 e. The molecule has 1 fully saturated rings. The Labute approximate surface area is 167 Å². The van der Waals surface area contributed by atoms with Crippen molar-refractivity contribution >= 4 is 0 Å². The normalized spacial score (nSPS) is 23.1. The molecule has 1 heterocycles. The van der Waals surface area contributed by atoms with Gasteiger partial charge in [-0.15, -0.1) is 0 Å².